The van der Waals surface area contributed by atoms with Crippen LogP contribution in [-0.4, -0.2) is 53.9 Å². The largest absolute Gasteiger partial charge is 0.441 e. The van der Waals surface area contributed by atoms with E-state index < -0.39 is 11.1 Å². The van der Waals surface area contributed by atoms with Crippen LogP contribution in [0.15, 0.2) is 42.5 Å². The lowest BCUT2D eigenvalue weighted by Gasteiger charge is -2.59. The molecule has 6 nitrogen and oxygen atoms in total. The van der Waals surface area contributed by atoms with E-state index in [0.29, 0.717) is 19.4 Å². The van der Waals surface area contributed by atoms with Crippen LogP contribution in [0.5, 0.6) is 0 Å². The molecule has 0 radical (unpaired) electrons. The third-order valence-electron chi connectivity index (χ3n) is 8.03. The molecule has 1 aromatic heterocycles. The van der Waals surface area contributed by atoms with Crippen LogP contribution in [0.25, 0.3) is 11.0 Å². The van der Waals surface area contributed by atoms with Crippen LogP contribution in [0.2, 0.25) is 0 Å². The molecule has 0 saturated heterocycles. The van der Waals surface area contributed by atoms with Crippen LogP contribution in [0.4, 0.5) is 4.39 Å². The fourth-order valence-electron chi connectivity index (χ4n) is 6.45. The number of hydrogen-bond acceptors (Lipinski definition) is 5. The van der Waals surface area contributed by atoms with Gasteiger partial charge in [-0.1, -0.05) is 39.0 Å². The average molecular weight is 496 g/mol. The number of aromatic amines is 1. The Hall–Kier alpha value is -2.77. The summed E-state index contributed by atoms with van der Waals surface area (Å²) in [6.45, 7) is 7.08. The van der Waals surface area contributed by atoms with Gasteiger partial charge in [-0.2, -0.15) is 0 Å². The Balaban J connectivity index is 1.67. The van der Waals surface area contributed by atoms with Gasteiger partial charge in [-0.05, 0) is 67.6 Å². The number of para-hydroxylation sites is 2. The molecule has 0 aliphatic heterocycles. The molecule has 36 heavy (non-hydrogen) atoms. The number of likely N-dealkylation sites (N-methyl/N-ethyl adjacent to an activating group) is 1. The number of esters is 1. The Kier molecular flexibility index (Phi) is 7.81. The zero-order valence-corrected chi connectivity index (χ0v) is 22.1. The molecule has 2 unspecified atom stereocenters. The molecule has 7 heteroatoms. The number of aromatic nitrogens is 2. The summed E-state index contributed by atoms with van der Waals surface area (Å²) in [6.07, 6.45) is 3.59. The molecule has 0 fully saturated rings. The first kappa shape index (κ1) is 26.3. The Morgan fingerprint density at radius 3 is 2.72 bits per heavy atom. The number of methoxy groups -OCH3 is 1. The lowest BCUT2D eigenvalue weighted by atomic mass is 9.56. The smallest absolute Gasteiger partial charge is 0.333 e. The lowest BCUT2D eigenvalue weighted by molar-refractivity contribution is -0.221. The third-order valence-corrected chi connectivity index (χ3v) is 8.03. The summed E-state index contributed by atoms with van der Waals surface area (Å²) >= 11 is 0. The minimum atomic E-state index is -0.885. The summed E-state index contributed by atoms with van der Waals surface area (Å²) in [5, 5.41) is 0. The molecule has 4 rings (SSSR count). The van der Waals surface area contributed by atoms with Gasteiger partial charge in [0.05, 0.1) is 16.4 Å². The van der Waals surface area contributed by atoms with Crippen molar-refractivity contribution < 1.29 is 18.7 Å². The number of halogens is 1. The third kappa shape index (κ3) is 4.55. The predicted octanol–water partition coefficient (Wildman–Crippen LogP) is 5.40. The van der Waals surface area contributed by atoms with E-state index in [1.165, 1.54) is 13.2 Å². The molecule has 0 spiro atoms. The van der Waals surface area contributed by atoms with E-state index in [2.05, 4.69) is 30.7 Å². The maximum absolute atomic E-state index is 14.2. The molecule has 1 N–H and O–H groups in total. The standard InChI is InChI=1S/C29H38FN3O3/c1-6-28(20(2)3)23-14-13-22(30)18-21(23)15-16-29(28,36-27(34)19-35-5)33(4)17-9-12-26-31-24-10-7-8-11-25(24)32-26/h7-8,10-11,13-14,18,20H,6,9,12,15-17,19H2,1-5H3,(H,31,32). The van der Waals surface area contributed by atoms with Crippen LogP contribution < -0.4 is 0 Å². The molecule has 1 aliphatic carbocycles. The molecule has 2 aromatic carbocycles. The van der Waals surface area contributed by atoms with Crippen molar-refractivity contribution in [3.05, 3.63) is 65.2 Å². The number of aryl methyl sites for hydroxylation is 2. The number of H-pyrrole nitrogens is 1. The van der Waals surface area contributed by atoms with Crippen molar-refractivity contribution in [1.29, 1.82) is 0 Å². The fraction of sp³-hybridized carbons (Fsp3) is 0.517. The summed E-state index contributed by atoms with van der Waals surface area (Å²) in [5.41, 5.74) is 2.68. The maximum Gasteiger partial charge on any atom is 0.333 e. The van der Waals surface area contributed by atoms with Crippen LogP contribution >= 0.6 is 0 Å². The normalized spacial score (nSPS) is 21.8. The first-order chi connectivity index (χ1) is 17.3. The number of benzene rings is 2. The topological polar surface area (TPSA) is 67.5 Å². The summed E-state index contributed by atoms with van der Waals surface area (Å²) in [6, 6.07) is 13.1. The molecule has 0 amide bonds. The van der Waals surface area contributed by atoms with Gasteiger partial charge in [0.15, 0.2) is 5.72 Å². The second kappa shape index (κ2) is 10.7. The molecule has 2 atom stereocenters. The minimum absolute atomic E-state index is 0.108. The van der Waals surface area contributed by atoms with Gasteiger partial charge in [0, 0.05) is 26.5 Å². The summed E-state index contributed by atoms with van der Waals surface area (Å²) < 4.78 is 25.8. The SMILES string of the molecule is CCC1(C(C)C)c2ccc(F)cc2CCC1(OC(=O)COC)N(C)CCCc1nc2ccccc2[nH]1. The van der Waals surface area contributed by atoms with Crippen LogP contribution in [0, 0.1) is 11.7 Å². The van der Waals surface area contributed by atoms with Gasteiger partial charge in [0.2, 0.25) is 0 Å². The first-order valence-electron chi connectivity index (χ1n) is 12.9. The van der Waals surface area contributed by atoms with E-state index in [1.807, 2.05) is 37.4 Å². The van der Waals surface area contributed by atoms with E-state index in [1.54, 1.807) is 6.07 Å². The highest BCUT2D eigenvalue weighted by atomic mass is 19.1. The van der Waals surface area contributed by atoms with Crippen LogP contribution in [0.1, 0.15) is 57.0 Å². The minimum Gasteiger partial charge on any atom is -0.441 e. The number of nitrogens with one attached hydrogen (secondary N) is 1. The van der Waals surface area contributed by atoms with E-state index in [9.17, 15) is 9.18 Å². The number of nitrogens with zero attached hydrogens (tertiary/aromatic N) is 2. The van der Waals surface area contributed by atoms with E-state index in [4.69, 9.17) is 14.5 Å². The molecule has 1 aliphatic rings. The Morgan fingerprint density at radius 1 is 1.25 bits per heavy atom. The van der Waals surface area contributed by atoms with Crippen molar-refractivity contribution in [2.24, 2.45) is 5.92 Å². The summed E-state index contributed by atoms with van der Waals surface area (Å²) in [5.74, 6) is 0.474. The Morgan fingerprint density at radius 2 is 2.03 bits per heavy atom. The molecular formula is C29H38FN3O3. The lowest BCUT2D eigenvalue weighted by Crippen LogP contribution is -2.67. The highest BCUT2D eigenvalue weighted by molar-refractivity contribution is 5.74. The second-order valence-electron chi connectivity index (χ2n) is 10.2. The predicted molar refractivity (Wildman–Crippen MR) is 139 cm³/mol. The van der Waals surface area contributed by atoms with Gasteiger partial charge in [-0.3, -0.25) is 4.90 Å². The van der Waals surface area contributed by atoms with Crippen molar-refractivity contribution in [3.63, 3.8) is 0 Å². The monoisotopic (exact) mass is 495 g/mol. The van der Waals surface area contributed by atoms with E-state index in [0.717, 1.165) is 47.2 Å². The van der Waals surface area contributed by atoms with Gasteiger partial charge in [-0.25, -0.2) is 14.2 Å². The maximum atomic E-state index is 14.2. The number of hydrogen-bond donors (Lipinski definition) is 1. The van der Waals surface area contributed by atoms with Gasteiger partial charge in [0.25, 0.3) is 0 Å². The zero-order chi connectivity index (χ0) is 25.9. The van der Waals surface area contributed by atoms with Crippen molar-refractivity contribution in [1.82, 2.24) is 14.9 Å². The van der Waals surface area contributed by atoms with Crippen LogP contribution in [-0.2, 0) is 32.5 Å². The number of carbonyl (C=O) groups excluding carboxylic acids is 1. The summed E-state index contributed by atoms with van der Waals surface area (Å²) in [4.78, 5) is 23.3. The quantitative estimate of drug-likeness (QED) is 0.301. The van der Waals surface area contributed by atoms with Crippen molar-refractivity contribution in [3.8, 4) is 0 Å². The highest BCUT2D eigenvalue weighted by Crippen LogP contribution is 2.54. The average Bonchev–Trinajstić information content (AvgIpc) is 3.26. The van der Waals surface area contributed by atoms with Crippen molar-refractivity contribution >= 4 is 17.0 Å². The molecule has 0 bridgehead atoms. The molecule has 0 saturated carbocycles. The second-order valence-corrected chi connectivity index (χ2v) is 10.2. The van der Waals surface area contributed by atoms with Gasteiger partial charge in [-0.15, -0.1) is 0 Å². The first-order valence-corrected chi connectivity index (χ1v) is 12.9. The van der Waals surface area contributed by atoms with Gasteiger partial charge < -0.3 is 14.5 Å². The Labute approximate surface area is 213 Å². The fourth-order valence-corrected chi connectivity index (χ4v) is 6.45. The van der Waals surface area contributed by atoms with Gasteiger partial charge >= 0.3 is 5.97 Å². The number of rotatable bonds is 10. The zero-order valence-electron chi connectivity index (χ0n) is 22.1. The number of fused-ring (bicyclic) bond motifs is 2. The van der Waals surface area contributed by atoms with Crippen molar-refractivity contribution in [2.75, 3.05) is 27.3 Å². The Bertz CT molecular complexity index is 1180. The molecule has 1 heterocycles. The molecule has 194 valence electrons. The number of carbonyl (C=O) groups is 1. The van der Waals surface area contributed by atoms with E-state index in [-0.39, 0.29) is 24.3 Å². The highest BCUT2D eigenvalue weighted by Gasteiger charge is 2.60. The van der Waals surface area contributed by atoms with E-state index >= 15 is 0 Å². The number of imidazole rings is 1. The van der Waals surface area contributed by atoms with Crippen LogP contribution in [0.3, 0.4) is 0 Å². The number of ether oxygens (including phenoxy) is 2. The van der Waals surface area contributed by atoms with Gasteiger partial charge in [0.1, 0.15) is 18.2 Å². The summed E-state index contributed by atoms with van der Waals surface area (Å²) in [7, 11) is 3.54. The molecular weight excluding hydrogens is 457 g/mol. The van der Waals surface area contributed by atoms with Crippen molar-refractivity contribution in [2.45, 2.75) is 64.0 Å². The molecule has 3 aromatic rings.